The Balaban J connectivity index is 0. The maximum atomic E-state index is 8.00. The Morgan fingerprint density at radius 2 is 0.941 bits per heavy atom. The Hall–Kier alpha value is -0.370. The summed E-state index contributed by atoms with van der Waals surface area (Å²) in [6.07, 6.45) is 16.9. The molecule has 0 aromatic rings. The molecule has 0 aromatic carbocycles. The lowest BCUT2D eigenvalue weighted by molar-refractivity contribution is -0.0979. The van der Waals surface area contributed by atoms with Crippen LogP contribution in [0.1, 0.15) is 84.0 Å². The van der Waals surface area contributed by atoms with Gasteiger partial charge in [-0.25, -0.2) is 0 Å². The number of carbonyl (C=O) groups is 1. The van der Waals surface area contributed by atoms with Gasteiger partial charge in [-0.1, -0.05) is 77.6 Å². The standard InChI is InChI=1S/C14H31N.CH2O/c1-2-3-4-5-6-7-8-9-10-11-12-13-14-15;1-2/h2-15H2,1H3;1H2. The molecular weight excluding hydrogens is 210 g/mol. The second kappa shape index (κ2) is 21.0. The highest BCUT2D eigenvalue weighted by atomic mass is 16.1. The van der Waals surface area contributed by atoms with Crippen LogP contribution in [0.4, 0.5) is 0 Å². The topological polar surface area (TPSA) is 43.1 Å². The molecule has 104 valence electrons. The van der Waals surface area contributed by atoms with E-state index in [1.807, 2.05) is 6.79 Å². The highest BCUT2D eigenvalue weighted by Gasteiger charge is 1.92. The molecule has 2 N–H and O–H groups in total. The normalized spacial score (nSPS) is 9.76. The molecular formula is C15H33NO. The summed E-state index contributed by atoms with van der Waals surface area (Å²) in [5.41, 5.74) is 5.45. The van der Waals surface area contributed by atoms with Crippen molar-refractivity contribution in [3.05, 3.63) is 0 Å². The molecule has 0 aliphatic rings. The lowest BCUT2D eigenvalue weighted by Gasteiger charge is -2.01. The van der Waals surface area contributed by atoms with E-state index in [0.29, 0.717) is 0 Å². The van der Waals surface area contributed by atoms with Gasteiger partial charge in [0.25, 0.3) is 0 Å². The monoisotopic (exact) mass is 243 g/mol. The van der Waals surface area contributed by atoms with Crippen LogP contribution in [0.5, 0.6) is 0 Å². The van der Waals surface area contributed by atoms with Gasteiger partial charge in [-0.05, 0) is 13.0 Å². The molecule has 0 rings (SSSR count). The fourth-order valence-corrected chi connectivity index (χ4v) is 1.99. The van der Waals surface area contributed by atoms with E-state index in [-0.39, 0.29) is 0 Å². The minimum absolute atomic E-state index is 0.872. The summed E-state index contributed by atoms with van der Waals surface area (Å²) in [5.74, 6) is 0. The van der Waals surface area contributed by atoms with E-state index in [1.165, 1.54) is 77.0 Å². The summed E-state index contributed by atoms with van der Waals surface area (Å²) in [6, 6.07) is 0. The average Bonchev–Trinajstić information content (AvgIpc) is 2.38. The van der Waals surface area contributed by atoms with Gasteiger partial charge in [0.1, 0.15) is 6.79 Å². The molecule has 2 nitrogen and oxygen atoms in total. The minimum atomic E-state index is 0.872. The van der Waals surface area contributed by atoms with Crippen LogP contribution in [0.2, 0.25) is 0 Å². The molecule has 0 fully saturated rings. The Morgan fingerprint density at radius 1 is 0.647 bits per heavy atom. The van der Waals surface area contributed by atoms with Gasteiger partial charge in [0.15, 0.2) is 0 Å². The largest absolute Gasteiger partial charge is 0.330 e. The molecule has 0 bridgehead atoms. The van der Waals surface area contributed by atoms with E-state index in [1.54, 1.807) is 0 Å². The van der Waals surface area contributed by atoms with E-state index in [9.17, 15) is 0 Å². The Morgan fingerprint density at radius 3 is 1.24 bits per heavy atom. The highest BCUT2D eigenvalue weighted by Crippen LogP contribution is 2.11. The van der Waals surface area contributed by atoms with Crippen LogP contribution >= 0.6 is 0 Å². The van der Waals surface area contributed by atoms with Crippen LogP contribution in [-0.2, 0) is 4.79 Å². The summed E-state index contributed by atoms with van der Waals surface area (Å²) in [5, 5.41) is 0. The zero-order valence-electron chi connectivity index (χ0n) is 11.9. The summed E-state index contributed by atoms with van der Waals surface area (Å²) in [6.45, 7) is 5.15. The number of unbranched alkanes of at least 4 members (excludes halogenated alkanes) is 11. The van der Waals surface area contributed by atoms with Crippen LogP contribution in [0.15, 0.2) is 0 Å². The van der Waals surface area contributed by atoms with Gasteiger partial charge in [-0.15, -0.1) is 0 Å². The predicted molar refractivity (Wildman–Crippen MR) is 77.3 cm³/mol. The van der Waals surface area contributed by atoms with Crippen molar-refractivity contribution in [1.29, 1.82) is 0 Å². The van der Waals surface area contributed by atoms with Crippen molar-refractivity contribution in [3.63, 3.8) is 0 Å². The molecule has 0 saturated heterocycles. The van der Waals surface area contributed by atoms with Crippen molar-refractivity contribution < 1.29 is 4.79 Å². The number of rotatable bonds is 12. The fourth-order valence-electron chi connectivity index (χ4n) is 1.99. The van der Waals surface area contributed by atoms with Gasteiger partial charge < -0.3 is 10.5 Å². The molecule has 0 atom stereocenters. The number of hydrogen-bond donors (Lipinski definition) is 1. The fraction of sp³-hybridized carbons (Fsp3) is 0.933. The van der Waals surface area contributed by atoms with Crippen molar-refractivity contribution in [2.45, 2.75) is 84.0 Å². The van der Waals surface area contributed by atoms with Crippen molar-refractivity contribution in [2.75, 3.05) is 6.54 Å². The van der Waals surface area contributed by atoms with Gasteiger partial charge in [0.05, 0.1) is 0 Å². The molecule has 0 saturated carbocycles. The van der Waals surface area contributed by atoms with Crippen molar-refractivity contribution in [3.8, 4) is 0 Å². The zero-order chi connectivity index (χ0) is 13.2. The Labute approximate surface area is 108 Å². The number of nitrogens with two attached hydrogens (primary N) is 1. The second-order valence-corrected chi connectivity index (χ2v) is 4.68. The van der Waals surface area contributed by atoms with Crippen LogP contribution in [0.3, 0.4) is 0 Å². The lowest BCUT2D eigenvalue weighted by atomic mass is 10.1. The molecule has 0 aliphatic carbocycles. The molecule has 0 aromatic heterocycles. The number of carbonyl (C=O) groups excluding carboxylic acids is 1. The van der Waals surface area contributed by atoms with Crippen molar-refractivity contribution in [1.82, 2.24) is 0 Å². The summed E-state index contributed by atoms with van der Waals surface area (Å²) >= 11 is 0. The van der Waals surface area contributed by atoms with E-state index in [4.69, 9.17) is 10.5 Å². The van der Waals surface area contributed by atoms with E-state index in [0.717, 1.165) is 6.54 Å². The first-order valence-corrected chi connectivity index (χ1v) is 7.40. The zero-order valence-corrected chi connectivity index (χ0v) is 11.9. The minimum Gasteiger partial charge on any atom is -0.330 e. The summed E-state index contributed by atoms with van der Waals surface area (Å²) in [4.78, 5) is 8.00. The van der Waals surface area contributed by atoms with Gasteiger partial charge in [-0.3, -0.25) is 0 Å². The van der Waals surface area contributed by atoms with Crippen LogP contribution in [0, 0.1) is 0 Å². The van der Waals surface area contributed by atoms with E-state index >= 15 is 0 Å². The first-order chi connectivity index (χ1) is 8.41. The maximum absolute atomic E-state index is 8.00. The first kappa shape index (κ1) is 19.0. The van der Waals surface area contributed by atoms with E-state index in [2.05, 4.69) is 6.92 Å². The van der Waals surface area contributed by atoms with Crippen molar-refractivity contribution in [2.24, 2.45) is 5.73 Å². The van der Waals surface area contributed by atoms with E-state index < -0.39 is 0 Å². The number of hydrogen-bond acceptors (Lipinski definition) is 2. The Kier molecular flexibility index (Phi) is 23.4. The Bertz CT molecular complexity index is 105. The van der Waals surface area contributed by atoms with Gasteiger partial charge in [0, 0.05) is 0 Å². The SMILES string of the molecule is C=O.CCCCCCCCCCCCCCN. The van der Waals surface area contributed by atoms with Gasteiger partial charge >= 0.3 is 0 Å². The third-order valence-electron chi connectivity index (χ3n) is 3.06. The van der Waals surface area contributed by atoms with Gasteiger partial charge in [0.2, 0.25) is 0 Å². The highest BCUT2D eigenvalue weighted by molar-refractivity contribution is 5.10. The second-order valence-electron chi connectivity index (χ2n) is 4.68. The molecule has 0 amide bonds. The molecule has 17 heavy (non-hydrogen) atoms. The first-order valence-electron chi connectivity index (χ1n) is 7.40. The van der Waals surface area contributed by atoms with Gasteiger partial charge in [-0.2, -0.15) is 0 Å². The van der Waals surface area contributed by atoms with Crippen molar-refractivity contribution >= 4 is 6.79 Å². The third kappa shape index (κ3) is 21.5. The predicted octanol–water partition coefficient (Wildman–Crippen LogP) is 4.46. The smallest absolute Gasteiger partial charge is 0.106 e. The molecule has 2 heteroatoms. The van der Waals surface area contributed by atoms with Crippen LogP contribution < -0.4 is 5.73 Å². The molecule has 0 aliphatic heterocycles. The molecule has 0 radical (unpaired) electrons. The average molecular weight is 243 g/mol. The van der Waals surface area contributed by atoms with Crippen LogP contribution in [0.25, 0.3) is 0 Å². The lowest BCUT2D eigenvalue weighted by Crippen LogP contribution is -1.97. The summed E-state index contributed by atoms with van der Waals surface area (Å²) < 4.78 is 0. The third-order valence-corrected chi connectivity index (χ3v) is 3.06. The summed E-state index contributed by atoms with van der Waals surface area (Å²) in [7, 11) is 0. The maximum Gasteiger partial charge on any atom is 0.106 e. The van der Waals surface area contributed by atoms with Crippen LogP contribution in [-0.4, -0.2) is 13.3 Å². The quantitative estimate of drug-likeness (QED) is 0.514. The molecule has 0 unspecified atom stereocenters. The molecule has 0 heterocycles. The molecule has 0 spiro atoms.